The minimum Gasteiger partial charge on any atom is -0.490 e. The van der Waals surface area contributed by atoms with E-state index in [0.717, 1.165) is 19.1 Å². The third-order valence-corrected chi connectivity index (χ3v) is 5.40. The van der Waals surface area contributed by atoms with E-state index >= 15 is 0 Å². The van der Waals surface area contributed by atoms with Gasteiger partial charge in [-0.25, -0.2) is 0 Å². The number of hydrogen-bond donors (Lipinski definition) is 0. The highest BCUT2D eigenvalue weighted by atomic mass is 32.2. The first kappa shape index (κ1) is 20.9. The third kappa shape index (κ3) is 4.60. The molecule has 0 unspecified atom stereocenters. The number of benzene rings is 1. The summed E-state index contributed by atoms with van der Waals surface area (Å²) in [5.74, 6) is 0.329. The Morgan fingerprint density at radius 3 is 2.68 bits per heavy atom. The Balaban J connectivity index is 1.89. The maximum absolute atomic E-state index is 13.1. The van der Waals surface area contributed by atoms with Gasteiger partial charge in [-0.05, 0) is 37.8 Å². The number of fused-ring (bicyclic) bond motifs is 1. The zero-order chi connectivity index (χ0) is 20.5. The molecule has 0 N–H and O–H groups in total. The molecule has 156 valence electrons. The predicted octanol–water partition coefficient (Wildman–Crippen LogP) is 4.32. The van der Waals surface area contributed by atoms with Gasteiger partial charge in [-0.2, -0.15) is 21.6 Å². The summed E-state index contributed by atoms with van der Waals surface area (Å²) < 4.78 is 77.9. The van der Waals surface area contributed by atoms with Gasteiger partial charge in [-0.1, -0.05) is 18.5 Å². The normalized spacial score (nSPS) is 20.8. The van der Waals surface area contributed by atoms with Crippen molar-refractivity contribution in [2.24, 2.45) is 5.92 Å². The molecule has 3 rings (SSSR count). The molecule has 0 radical (unpaired) electrons. The number of rotatable bonds is 7. The first-order chi connectivity index (χ1) is 13.1. The summed E-state index contributed by atoms with van der Waals surface area (Å²) in [6.45, 7) is 1.93. The number of aromatic nitrogens is 1. The van der Waals surface area contributed by atoms with Gasteiger partial charge in [-0.15, -0.1) is 0 Å². The molecule has 1 aromatic carbocycles. The highest BCUT2D eigenvalue weighted by Crippen LogP contribution is 2.39. The Kier molecular flexibility index (Phi) is 5.90. The molecule has 2 atom stereocenters. The van der Waals surface area contributed by atoms with Crippen molar-refractivity contribution in [3.05, 3.63) is 23.4 Å². The average molecular weight is 421 g/mol. The van der Waals surface area contributed by atoms with Crippen LogP contribution in [0.3, 0.4) is 0 Å². The van der Waals surface area contributed by atoms with Gasteiger partial charge < -0.3 is 9.26 Å². The fourth-order valence-electron chi connectivity index (χ4n) is 3.57. The number of halogens is 3. The Bertz CT molecular complexity index is 939. The summed E-state index contributed by atoms with van der Waals surface area (Å²) in [4.78, 5) is 0. The van der Waals surface area contributed by atoms with Gasteiger partial charge in [0.2, 0.25) is 0 Å². The second kappa shape index (κ2) is 7.90. The standard InChI is InChI=1S/C18H22F3NO5S/c1-3-5-12-15(9-8-13-16(12)27-22-17(13)18(19,20)21)26-14-7-4-6-11(14)10-25-28(2,23)24/h8-9,11,14H,3-7,10H2,1-2H3/t11-,14+/m0/s1. The molecule has 0 amide bonds. The van der Waals surface area contributed by atoms with E-state index < -0.39 is 22.0 Å². The maximum atomic E-state index is 13.1. The van der Waals surface area contributed by atoms with Gasteiger partial charge in [-0.3, -0.25) is 4.18 Å². The summed E-state index contributed by atoms with van der Waals surface area (Å²) in [5, 5.41) is 3.12. The number of ether oxygens (including phenoxy) is 1. The zero-order valence-electron chi connectivity index (χ0n) is 15.6. The van der Waals surface area contributed by atoms with Gasteiger partial charge in [0.15, 0.2) is 11.3 Å². The summed E-state index contributed by atoms with van der Waals surface area (Å²) >= 11 is 0. The van der Waals surface area contributed by atoms with Gasteiger partial charge in [0.05, 0.1) is 18.2 Å². The lowest BCUT2D eigenvalue weighted by Crippen LogP contribution is -2.26. The van der Waals surface area contributed by atoms with Crippen LogP contribution in [0.15, 0.2) is 16.7 Å². The Labute approximate surface area is 161 Å². The molecular formula is C18H22F3NO5S. The van der Waals surface area contributed by atoms with Crippen LogP contribution in [0, 0.1) is 5.92 Å². The number of hydrogen-bond acceptors (Lipinski definition) is 6. The van der Waals surface area contributed by atoms with Crippen LogP contribution < -0.4 is 4.74 Å². The molecule has 1 aromatic heterocycles. The summed E-state index contributed by atoms with van der Waals surface area (Å²) in [7, 11) is -3.55. The van der Waals surface area contributed by atoms with Crippen LogP contribution in [0.1, 0.15) is 43.9 Å². The summed E-state index contributed by atoms with van der Waals surface area (Å²) in [6, 6.07) is 2.81. The van der Waals surface area contributed by atoms with E-state index in [9.17, 15) is 21.6 Å². The molecule has 28 heavy (non-hydrogen) atoms. The molecule has 0 bridgehead atoms. The number of nitrogens with zero attached hydrogens (tertiary/aromatic N) is 1. The van der Waals surface area contributed by atoms with Crippen LogP contribution in [0.5, 0.6) is 5.75 Å². The van der Waals surface area contributed by atoms with E-state index in [0.29, 0.717) is 30.6 Å². The number of aryl methyl sites for hydroxylation is 1. The minimum atomic E-state index is -4.60. The molecule has 1 aliphatic carbocycles. The van der Waals surface area contributed by atoms with Crippen LogP contribution in [-0.4, -0.2) is 32.5 Å². The average Bonchev–Trinajstić information content (AvgIpc) is 3.20. The first-order valence-electron chi connectivity index (χ1n) is 9.09. The van der Waals surface area contributed by atoms with Crippen molar-refractivity contribution in [1.29, 1.82) is 0 Å². The van der Waals surface area contributed by atoms with Crippen molar-refractivity contribution < 1.29 is 35.0 Å². The second-order valence-electron chi connectivity index (χ2n) is 7.03. The molecule has 0 spiro atoms. The van der Waals surface area contributed by atoms with Gasteiger partial charge in [0.25, 0.3) is 10.1 Å². The van der Waals surface area contributed by atoms with Crippen LogP contribution in [0.25, 0.3) is 11.0 Å². The Morgan fingerprint density at radius 1 is 1.29 bits per heavy atom. The lowest BCUT2D eigenvalue weighted by molar-refractivity contribution is -0.141. The van der Waals surface area contributed by atoms with Crippen molar-refractivity contribution in [2.75, 3.05) is 12.9 Å². The lowest BCUT2D eigenvalue weighted by Gasteiger charge is -2.22. The highest BCUT2D eigenvalue weighted by Gasteiger charge is 2.38. The molecule has 2 aromatic rings. The van der Waals surface area contributed by atoms with Crippen LogP contribution in [0.2, 0.25) is 0 Å². The zero-order valence-corrected chi connectivity index (χ0v) is 16.4. The van der Waals surface area contributed by atoms with E-state index in [2.05, 4.69) is 5.16 Å². The first-order valence-corrected chi connectivity index (χ1v) is 10.9. The van der Waals surface area contributed by atoms with E-state index in [1.165, 1.54) is 12.1 Å². The summed E-state index contributed by atoms with van der Waals surface area (Å²) in [6.07, 6.45) is -0.408. The lowest BCUT2D eigenvalue weighted by atomic mass is 10.0. The van der Waals surface area contributed by atoms with E-state index in [1.807, 2.05) is 6.92 Å². The van der Waals surface area contributed by atoms with Gasteiger partial charge >= 0.3 is 6.18 Å². The van der Waals surface area contributed by atoms with Crippen molar-refractivity contribution in [3.63, 3.8) is 0 Å². The van der Waals surface area contributed by atoms with Crippen molar-refractivity contribution in [1.82, 2.24) is 5.16 Å². The molecule has 6 nitrogen and oxygen atoms in total. The maximum Gasteiger partial charge on any atom is 0.437 e. The van der Waals surface area contributed by atoms with Gasteiger partial charge in [0, 0.05) is 11.5 Å². The third-order valence-electron chi connectivity index (χ3n) is 4.83. The summed E-state index contributed by atoms with van der Waals surface area (Å²) in [5.41, 5.74) is -0.432. The molecule has 1 heterocycles. The monoisotopic (exact) mass is 421 g/mol. The number of alkyl halides is 3. The smallest absolute Gasteiger partial charge is 0.437 e. The molecule has 1 fully saturated rings. The van der Waals surface area contributed by atoms with Crippen molar-refractivity contribution in [3.8, 4) is 5.75 Å². The van der Waals surface area contributed by atoms with Crippen LogP contribution in [0.4, 0.5) is 13.2 Å². The predicted molar refractivity (Wildman–Crippen MR) is 95.6 cm³/mol. The fraction of sp³-hybridized carbons (Fsp3) is 0.611. The van der Waals surface area contributed by atoms with E-state index in [-0.39, 0.29) is 29.6 Å². The topological polar surface area (TPSA) is 78.6 Å². The molecule has 10 heteroatoms. The molecule has 1 saturated carbocycles. The Morgan fingerprint density at radius 2 is 2.04 bits per heavy atom. The van der Waals surface area contributed by atoms with Crippen molar-refractivity contribution >= 4 is 21.1 Å². The molecule has 0 aliphatic heterocycles. The fourth-order valence-corrected chi connectivity index (χ4v) is 3.99. The highest BCUT2D eigenvalue weighted by molar-refractivity contribution is 7.85. The van der Waals surface area contributed by atoms with E-state index in [4.69, 9.17) is 13.4 Å². The molecule has 0 saturated heterocycles. The second-order valence-corrected chi connectivity index (χ2v) is 8.68. The Hall–Kier alpha value is -1.81. The largest absolute Gasteiger partial charge is 0.490 e. The molecular weight excluding hydrogens is 399 g/mol. The quantitative estimate of drug-likeness (QED) is 0.620. The van der Waals surface area contributed by atoms with Crippen LogP contribution in [-0.2, 0) is 26.9 Å². The minimum absolute atomic E-state index is 0.0232. The van der Waals surface area contributed by atoms with Crippen LogP contribution >= 0.6 is 0 Å². The SMILES string of the molecule is CCCc1c(O[C@@H]2CCC[C@H]2COS(C)(=O)=O)ccc2c(C(F)(F)F)noc12. The van der Waals surface area contributed by atoms with Gasteiger partial charge in [0.1, 0.15) is 11.9 Å². The molecule has 1 aliphatic rings. The van der Waals surface area contributed by atoms with Crippen molar-refractivity contribution in [2.45, 2.75) is 51.3 Å². The van der Waals surface area contributed by atoms with E-state index in [1.54, 1.807) is 0 Å².